The van der Waals surface area contributed by atoms with Crippen LogP contribution in [0.2, 0.25) is 0 Å². The number of likely N-dealkylation sites (N-methyl/N-ethyl adjacent to an activating group) is 1. The van der Waals surface area contributed by atoms with Gasteiger partial charge in [0.25, 0.3) is 7.82 Å². The van der Waals surface area contributed by atoms with Gasteiger partial charge < -0.3 is 37.7 Å². The van der Waals surface area contributed by atoms with Gasteiger partial charge in [-0.25, -0.2) is 0 Å². The predicted molar refractivity (Wildman–Crippen MR) is 209 cm³/mol. The molecule has 0 fully saturated rings. The molecule has 11 nitrogen and oxygen atoms in total. The summed E-state index contributed by atoms with van der Waals surface area (Å²) in [5.41, 5.74) is 4.13. The van der Waals surface area contributed by atoms with Gasteiger partial charge in [0.15, 0.2) is 6.10 Å². The molecule has 2 rings (SSSR count). The lowest BCUT2D eigenvalue weighted by atomic mass is 10.1. The van der Waals surface area contributed by atoms with Crippen LogP contribution < -0.4 is 14.7 Å². The monoisotopic (exact) mass is 827 g/mol. The molecule has 2 aromatic carbocycles. The number of carbonyl (C=O) groups is 2. The first kappa shape index (κ1) is 46.4. The molecular weight excluding hydrogens is 775 g/mol. The number of ether oxygens (including phenoxy) is 2. The van der Waals surface area contributed by atoms with Gasteiger partial charge in [0.1, 0.15) is 19.8 Å². The smallest absolute Gasteiger partial charge is 0.306 e. The van der Waals surface area contributed by atoms with Gasteiger partial charge in [-0.2, -0.15) is 0 Å². The highest BCUT2D eigenvalue weighted by molar-refractivity contribution is 7.45. The minimum Gasteiger partial charge on any atom is -0.756 e. The molecule has 16 heteroatoms. The highest BCUT2D eigenvalue weighted by Crippen LogP contribution is 2.38. The van der Waals surface area contributed by atoms with Crippen LogP contribution in [0.15, 0.2) is 48.5 Å². The topological polar surface area (TPSA) is 118 Å². The second kappa shape index (κ2) is 25.3. The number of hydrogen-bond donors (Lipinski definition) is 0. The number of halogens is 4. The average molecular weight is 830 g/mol. The Kier molecular flexibility index (Phi) is 22.6. The maximum atomic E-state index is 12.8. The van der Waals surface area contributed by atoms with E-state index in [4.69, 9.17) is 64.9 Å². The Morgan fingerprint density at radius 1 is 0.712 bits per heavy atom. The Morgan fingerprint density at radius 3 is 1.58 bits per heavy atom. The standard InChI is InChI=1S/C36H54Cl4N3O8P/c1-43(2,3)26-27-49-52(46,47)50-29-34(51-36(45)9-5-7-31-12-16-33(17-13-31)42(24-20-39)25-21-40)28-48-35(44)8-4-6-30-10-14-32(15-11-30)41(22-18-37)23-19-38/h10-17,34H,4-9,18-29H2,1-3H3. The molecule has 0 aliphatic heterocycles. The molecule has 294 valence electrons. The van der Waals surface area contributed by atoms with Gasteiger partial charge in [-0.05, 0) is 61.1 Å². The zero-order chi connectivity index (χ0) is 38.4. The van der Waals surface area contributed by atoms with Crippen LogP contribution in [0.1, 0.15) is 36.8 Å². The van der Waals surface area contributed by atoms with Crippen molar-refractivity contribution in [2.24, 2.45) is 0 Å². The quantitative estimate of drug-likeness (QED) is 0.0421. The maximum Gasteiger partial charge on any atom is 0.306 e. The number of nitrogens with zero attached hydrogens (tertiary/aromatic N) is 3. The molecule has 0 amide bonds. The van der Waals surface area contributed by atoms with Gasteiger partial charge in [0.05, 0.1) is 27.7 Å². The summed E-state index contributed by atoms with van der Waals surface area (Å²) < 4.78 is 33.8. The van der Waals surface area contributed by atoms with E-state index in [1.54, 1.807) is 0 Å². The van der Waals surface area contributed by atoms with Crippen molar-refractivity contribution >= 4 is 77.5 Å². The minimum atomic E-state index is -4.70. The number of carbonyl (C=O) groups excluding carboxylic acids is 2. The molecule has 0 heterocycles. The zero-order valence-corrected chi connectivity index (χ0v) is 34.4. The van der Waals surface area contributed by atoms with Gasteiger partial charge in [-0.15, -0.1) is 46.4 Å². The Bertz CT molecular complexity index is 1340. The molecule has 0 spiro atoms. The van der Waals surface area contributed by atoms with Crippen LogP contribution in [-0.2, 0) is 45.5 Å². The summed E-state index contributed by atoms with van der Waals surface area (Å²) in [4.78, 5) is 42.0. The highest BCUT2D eigenvalue weighted by atomic mass is 35.5. The Morgan fingerprint density at radius 2 is 1.15 bits per heavy atom. The molecule has 0 N–H and O–H groups in total. The van der Waals surface area contributed by atoms with E-state index in [-0.39, 0.29) is 26.1 Å². The fourth-order valence-corrected chi connectivity index (χ4v) is 6.57. The van der Waals surface area contributed by atoms with E-state index in [1.165, 1.54) is 0 Å². The van der Waals surface area contributed by atoms with E-state index in [9.17, 15) is 19.0 Å². The Balaban J connectivity index is 1.91. The lowest BCUT2D eigenvalue weighted by Gasteiger charge is -2.28. The second-order valence-corrected chi connectivity index (χ2v) is 16.1. The number of benzene rings is 2. The van der Waals surface area contributed by atoms with Crippen molar-refractivity contribution in [2.45, 2.75) is 44.6 Å². The predicted octanol–water partition coefficient (Wildman–Crippen LogP) is 6.26. The van der Waals surface area contributed by atoms with Crippen molar-refractivity contribution < 1.29 is 42.1 Å². The third-order valence-electron chi connectivity index (χ3n) is 7.87. The molecule has 2 aromatic rings. The molecule has 0 saturated heterocycles. The van der Waals surface area contributed by atoms with Crippen LogP contribution in [0.4, 0.5) is 11.4 Å². The van der Waals surface area contributed by atoms with Gasteiger partial charge in [0, 0.05) is 73.9 Å². The van der Waals surface area contributed by atoms with Crippen molar-refractivity contribution in [1.82, 2.24) is 0 Å². The van der Waals surface area contributed by atoms with Crippen molar-refractivity contribution in [3.05, 3.63) is 59.7 Å². The number of quaternary nitrogens is 1. The molecule has 0 aromatic heterocycles. The van der Waals surface area contributed by atoms with Crippen LogP contribution >= 0.6 is 54.2 Å². The minimum absolute atomic E-state index is 0.0696. The first-order chi connectivity index (χ1) is 24.8. The van der Waals surface area contributed by atoms with E-state index < -0.39 is 32.5 Å². The number of phosphoric acid groups is 1. The number of aryl methyl sites for hydroxylation is 2. The van der Waals surface area contributed by atoms with Gasteiger partial charge in [-0.3, -0.25) is 14.2 Å². The largest absolute Gasteiger partial charge is 0.756 e. The van der Waals surface area contributed by atoms with Crippen molar-refractivity contribution in [3.63, 3.8) is 0 Å². The summed E-state index contributed by atoms with van der Waals surface area (Å²) in [7, 11) is 0.995. The third kappa shape index (κ3) is 20.0. The molecule has 0 bridgehead atoms. The third-order valence-corrected chi connectivity index (χ3v) is 9.51. The summed E-state index contributed by atoms with van der Waals surface area (Å²) in [5.74, 6) is 0.897. The van der Waals surface area contributed by atoms with Crippen LogP contribution in [0, 0.1) is 0 Å². The summed E-state index contributed by atoms with van der Waals surface area (Å²) in [6, 6.07) is 16.0. The number of esters is 2. The fraction of sp³-hybridized carbons (Fsp3) is 0.611. The number of alkyl halides is 4. The van der Waals surface area contributed by atoms with E-state index in [0.717, 1.165) is 22.5 Å². The van der Waals surface area contributed by atoms with Crippen molar-refractivity contribution in [2.75, 3.05) is 107 Å². The lowest BCUT2D eigenvalue weighted by molar-refractivity contribution is -0.870. The normalized spacial score (nSPS) is 13.3. The average Bonchev–Trinajstić information content (AvgIpc) is 3.09. The SMILES string of the molecule is C[N+](C)(C)CCOP(=O)([O-])OCC(COC(=O)CCCc1ccc(N(CCCl)CCCl)cc1)OC(=O)CCCc1ccc(N(CCCl)CCCl)cc1. The van der Waals surface area contributed by atoms with Gasteiger partial charge >= 0.3 is 11.9 Å². The zero-order valence-electron chi connectivity index (χ0n) is 30.5. The first-order valence-corrected chi connectivity index (χ1v) is 21.1. The number of phosphoric ester groups is 1. The first-order valence-electron chi connectivity index (χ1n) is 17.5. The summed E-state index contributed by atoms with van der Waals surface area (Å²) in [6.45, 7) is 2.18. The van der Waals surface area contributed by atoms with Crippen LogP contribution in [-0.4, -0.2) is 120 Å². The van der Waals surface area contributed by atoms with E-state index >= 15 is 0 Å². The second-order valence-electron chi connectivity index (χ2n) is 13.2. The number of anilines is 2. The summed E-state index contributed by atoms with van der Waals surface area (Å²) in [5, 5.41) is 0. The van der Waals surface area contributed by atoms with Crippen LogP contribution in [0.3, 0.4) is 0 Å². The van der Waals surface area contributed by atoms with Crippen LogP contribution in [0.25, 0.3) is 0 Å². The number of rotatable bonds is 28. The molecule has 2 atom stereocenters. The van der Waals surface area contributed by atoms with E-state index in [0.29, 0.717) is 86.4 Å². The Labute approximate surface area is 329 Å². The fourth-order valence-electron chi connectivity index (χ4n) is 5.03. The molecule has 0 saturated carbocycles. The molecular formula is C36H54Cl4N3O8P. The number of hydrogen-bond acceptors (Lipinski definition) is 10. The van der Waals surface area contributed by atoms with E-state index in [2.05, 4.69) is 9.80 Å². The molecule has 0 aliphatic rings. The Hall–Kier alpha value is -1.79. The molecule has 2 unspecified atom stereocenters. The summed E-state index contributed by atoms with van der Waals surface area (Å²) >= 11 is 23.7. The van der Waals surface area contributed by atoms with Crippen molar-refractivity contribution in [3.8, 4) is 0 Å². The highest BCUT2D eigenvalue weighted by Gasteiger charge is 2.22. The van der Waals surface area contributed by atoms with Gasteiger partial charge in [0.2, 0.25) is 0 Å². The maximum absolute atomic E-state index is 12.8. The summed E-state index contributed by atoms with van der Waals surface area (Å²) in [6.07, 6.45) is 1.33. The molecule has 0 aliphatic carbocycles. The van der Waals surface area contributed by atoms with E-state index in [1.807, 2.05) is 69.7 Å². The van der Waals surface area contributed by atoms with Crippen molar-refractivity contribution in [1.29, 1.82) is 0 Å². The molecule has 0 radical (unpaired) electrons. The van der Waals surface area contributed by atoms with Crippen LogP contribution in [0.5, 0.6) is 0 Å². The lowest BCUT2D eigenvalue weighted by Crippen LogP contribution is -2.37. The van der Waals surface area contributed by atoms with Gasteiger partial charge in [-0.1, -0.05) is 24.3 Å². The molecule has 52 heavy (non-hydrogen) atoms.